The number of amides is 2. The van der Waals surface area contributed by atoms with Crippen LogP contribution in [0.5, 0.6) is 0 Å². The molecule has 5 rings (SSSR count). The number of hydrogen-bond donors (Lipinski definition) is 4. The molecule has 0 saturated carbocycles. The Labute approximate surface area is 233 Å². The summed E-state index contributed by atoms with van der Waals surface area (Å²) in [6.07, 6.45) is 7.88. The molecule has 2 heterocycles. The van der Waals surface area contributed by atoms with Gasteiger partial charge in [0.2, 0.25) is 0 Å². The van der Waals surface area contributed by atoms with Crippen molar-refractivity contribution in [1.29, 1.82) is 0 Å². The molecular weight excluding hydrogens is 500 g/mol. The fourth-order valence-corrected chi connectivity index (χ4v) is 4.03. The Morgan fingerprint density at radius 2 is 0.900 bits per heavy atom. The molecule has 2 aromatic heterocycles. The monoisotopic (exact) mass is 530 g/mol. The van der Waals surface area contributed by atoms with Crippen molar-refractivity contribution in [2.75, 3.05) is 21.3 Å². The first-order chi connectivity index (χ1) is 19.4. The van der Waals surface area contributed by atoms with E-state index in [4.69, 9.17) is 0 Å². The van der Waals surface area contributed by atoms with Crippen molar-refractivity contribution >= 4 is 45.9 Å². The maximum atomic E-state index is 12.7. The number of carbonyl (C=O) groups excluding carboxylic acids is 2. The van der Waals surface area contributed by atoms with Gasteiger partial charge in [0.25, 0.3) is 11.8 Å². The van der Waals surface area contributed by atoms with Gasteiger partial charge in [-0.05, 0) is 78.9 Å². The molecule has 0 aliphatic carbocycles. The van der Waals surface area contributed by atoms with E-state index in [-0.39, 0.29) is 11.8 Å². The molecule has 8 heteroatoms. The minimum Gasteiger partial charge on any atom is -0.355 e. The van der Waals surface area contributed by atoms with Gasteiger partial charge in [0.15, 0.2) is 24.8 Å². The summed E-state index contributed by atoms with van der Waals surface area (Å²) in [5, 5.41) is 12.4. The second-order valence-electron chi connectivity index (χ2n) is 9.40. The van der Waals surface area contributed by atoms with Crippen LogP contribution in [-0.2, 0) is 14.1 Å². The summed E-state index contributed by atoms with van der Waals surface area (Å²) < 4.78 is 3.93. The van der Waals surface area contributed by atoms with Gasteiger partial charge < -0.3 is 21.3 Å². The number of anilines is 6. The summed E-state index contributed by atoms with van der Waals surface area (Å²) in [6, 6.07) is 29.5. The van der Waals surface area contributed by atoms with Crippen LogP contribution in [0, 0.1) is 0 Å². The third-order valence-electron chi connectivity index (χ3n) is 6.19. The largest absolute Gasteiger partial charge is 0.355 e. The van der Waals surface area contributed by atoms with Crippen molar-refractivity contribution in [3.05, 3.63) is 133 Å². The summed E-state index contributed by atoms with van der Waals surface area (Å²) in [5.74, 6) is -0.503. The topological polar surface area (TPSA) is 90.0 Å². The van der Waals surface area contributed by atoms with Crippen LogP contribution in [0.15, 0.2) is 122 Å². The number of benzene rings is 3. The highest BCUT2D eigenvalue weighted by atomic mass is 16.2. The third-order valence-corrected chi connectivity index (χ3v) is 6.19. The van der Waals surface area contributed by atoms with Crippen molar-refractivity contribution in [3.63, 3.8) is 0 Å². The van der Waals surface area contributed by atoms with Crippen LogP contribution in [-0.4, -0.2) is 11.8 Å². The first kappa shape index (κ1) is 26.1. The van der Waals surface area contributed by atoms with Gasteiger partial charge in [-0.3, -0.25) is 9.59 Å². The number of hydrogen-bond acceptors (Lipinski definition) is 4. The fraction of sp³-hybridized carbons (Fsp3) is 0.0625. The number of aromatic nitrogens is 2. The van der Waals surface area contributed by atoms with E-state index in [0.717, 1.165) is 22.7 Å². The maximum absolute atomic E-state index is 12.7. The standard InChI is InChI=1S/C32H28N6O2/c1-37-20-17-29(18-21-37)33-25-9-13-27(14-10-25)35-31(39)23-5-7-24(8-6-23)32(40)36-28-15-11-26(12-16-28)34-30-4-3-19-38(2)22-30/h3-22H,1-2H3,(H2-,34,35,36,39,40)/p+2. The van der Waals surface area contributed by atoms with Crippen molar-refractivity contribution in [2.24, 2.45) is 14.1 Å². The van der Waals surface area contributed by atoms with E-state index >= 15 is 0 Å². The molecule has 0 fully saturated rings. The van der Waals surface area contributed by atoms with Crippen molar-refractivity contribution in [1.82, 2.24) is 0 Å². The van der Waals surface area contributed by atoms with E-state index in [9.17, 15) is 9.59 Å². The van der Waals surface area contributed by atoms with Crippen LogP contribution in [0.3, 0.4) is 0 Å². The van der Waals surface area contributed by atoms with Gasteiger partial charge in [-0.1, -0.05) is 0 Å². The van der Waals surface area contributed by atoms with Crippen LogP contribution in [0.2, 0.25) is 0 Å². The van der Waals surface area contributed by atoms with Crippen LogP contribution in [0.1, 0.15) is 20.7 Å². The molecule has 2 amide bonds. The zero-order chi connectivity index (χ0) is 27.9. The molecule has 3 aromatic carbocycles. The molecule has 0 radical (unpaired) electrons. The van der Waals surface area contributed by atoms with Gasteiger partial charge in [-0.15, -0.1) is 0 Å². The predicted octanol–water partition coefficient (Wildman–Crippen LogP) is 5.33. The second-order valence-corrected chi connectivity index (χ2v) is 9.40. The molecule has 0 unspecified atom stereocenters. The molecule has 0 aliphatic heterocycles. The van der Waals surface area contributed by atoms with Gasteiger partial charge in [0, 0.05) is 52.1 Å². The average molecular weight is 531 g/mol. The van der Waals surface area contributed by atoms with E-state index in [1.54, 1.807) is 24.3 Å². The molecular formula is C32H30N6O2+2. The first-order valence-corrected chi connectivity index (χ1v) is 12.8. The number of aryl methyl sites for hydroxylation is 2. The van der Waals surface area contributed by atoms with Crippen molar-refractivity contribution < 1.29 is 18.7 Å². The number of nitrogens with zero attached hydrogens (tertiary/aromatic N) is 2. The van der Waals surface area contributed by atoms with Gasteiger partial charge in [0.1, 0.15) is 19.8 Å². The third kappa shape index (κ3) is 6.87. The van der Waals surface area contributed by atoms with Crippen molar-refractivity contribution in [2.45, 2.75) is 0 Å². The molecule has 0 aliphatic rings. The van der Waals surface area contributed by atoms with E-state index < -0.39 is 0 Å². The Morgan fingerprint density at radius 3 is 1.38 bits per heavy atom. The Bertz CT molecular complexity index is 1620. The van der Waals surface area contributed by atoms with Crippen molar-refractivity contribution in [3.8, 4) is 0 Å². The van der Waals surface area contributed by atoms with Crippen LogP contribution in [0.4, 0.5) is 34.1 Å². The predicted molar refractivity (Wildman–Crippen MR) is 157 cm³/mol. The molecule has 4 N–H and O–H groups in total. The summed E-state index contributed by atoms with van der Waals surface area (Å²) in [4.78, 5) is 25.5. The zero-order valence-electron chi connectivity index (χ0n) is 22.3. The Balaban J connectivity index is 1.14. The molecule has 0 spiro atoms. The number of rotatable bonds is 8. The Morgan fingerprint density at radius 1 is 0.475 bits per heavy atom. The smallest absolute Gasteiger partial charge is 0.255 e. The number of carbonyl (C=O) groups is 2. The molecule has 198 valence electrons. The van der Waals surface area contributed by atoms with Crippen LogP contribution >= 0.6 is 0 Å². The highest BCUT2D eigenvalue weighted by molar-refractivity contribution is 6.07. The number of pyridine rings is 2. The SMILES string of the molecule is C[n+]1ccc(Nc2ccc(NC(=O)c3ccc(C(=O)Nc4ccc(Nc5ccc[n+](C)c5)cc4)cc3)cc2)cc1. The lowest BCUT2D eigenvalue weighted by atomic mass is 10.1. The molecule has 5 aromatic rings. The fourth-order valence-electron chi connectivity index (χ4n) is 4.03. The van der Waals surface area contributed by atoms with E-state index in [2.05, 4.69) is 21.3 Å². The average Bonchev–Trinajstić information content (AvgIpc) is 2.96. The normalized spacial score (nSPS) is 10.4. The summed E-state index contributed by atoms with van der Waals surface area (Å²) in [7, 11) is 3.93. The molecule has 8 nitrogen and oxygen atoms in total. The number of nitrogens with one attached hydrogen (secondary N) is 4. The van der Waals surface area contributed by atoms with Gasteiger partial charge >= 0.3 is 0 Å². The highest BCUT2D eigenvalue weighted by Gasteiger charge is 2.10. The molecule has 0 saturated heterocycles. The molecule has 0 atom stereocenters. The first-order valence-electron chi connectivity index (χ1n) is 12.8. The zero-order valence-corrected chi connectivity index (χ0v) is 22.3. The molecule has 40 heavy (non-hydrogen) atoms. The van der Waals surface area contributed by atoms with E-state index in [0.29, 0.717) is 22.5 Å². The maximum Gasteiger partial charge on any atom is 0.255 e. The van der Waals surface area contributed by atoms with E-state index in [1.165, 1.54) is 0 Å². The van der Waals surface area contributed by atoms with Gasteiger partial charge in [-0.2, -0.15) is 0 Å². The second kappa shape index (κ2) is 11.9. The van der Waals surface area contributed by atoms with Gasteiger partial charge in [0.05, 0.1) is 5.69 Å². The van der Waals surface area contributed by atoms with Crippen LogP contribution in [0.25, 0.3) is 0 Å². The summed E-state index contributed by atoms with van der Waals surface area (Å²) >= 11 is 0. The lowest BCUT2D eigenvalue weighted by Gasteiger charge is -2.10. The van der Waals surface area contributed by atoms with E-state index in [1.807, 2.05) is 121 Å². The Kier molecular flexibility index (Phi) is 7.78. The lowest BCUT2D eigenvalue weighted by Crippen LogP contribution is -2.26. The lowest BCUT2D eigenvalue weighted by molar-refractivity contribution is -0.671. The summed E-state index contributed by atoms with van der Waals surface area (Å²) in [5.41, 5.74) is 6.05. The van der Waals surface area contributed by atoms with Gasteiger partial charge in [-0.25, -0.2) is 9.13 Å². The minimum absolute atomic E-state index is 0.252. The summed E-state index contributed by atoms with van der Waals surface area (Å²) in [6.45, 7) is 0. The highest BCUT2D eigenvalue weighted by Crippen LogP contribution is 2.20. The quantitative estimate of drug-likeness (QED) is 0.204. The van der Waals surface area contributed by atoms with Crippen LogP contribution < -0.4 is 30.4 Å². The minimum atomic E-state index is -0.252. The Hall–Kier alpha value is -5.50. The molecule has 0 bridgehead atoms.